The second-order valence-corrected chi connectivity index (χ2v) is 23.9. The Morgan fingerprint density at radius 2 is 0.753 bits per heavy atom. The molecule has 2 unspecified atom stereocenters. The number of hydrogen-bond acceptors (Lipinski definition) is 12. The molecule has 0 heterocycles. The molecule has 13 nitrogen and oxygen atoms in total. The summed E-state index contributed by atoms with van der Waals surface area (Å²) in [6, 6.07) is 0. The Labute approximate surface area is 525 Å². The van der Waals surface area contributed by atoms with E-state index in [9.17, 15) is 9.59 Å². The van der Waals surface area contributed by atoms with Crippen molar-refractivity contribution < 1.29 is 47.5 Å². The number of methoxy groups -OCH3 is 1. The van der Waals surface area contributed by atoms with Crippen molar-refractivity contribution in [2.45, 2.75) is 315 Å². The van der Waals surface area contributed by atoms with Gasteiger partial charge in [-0.1, -0.05) is 244 Å². The van der Waals surface area contributed by atoms with Crippen molar-refractivity contribution in [3.8, 4) is 0 Å². The first-order chi connectivity index (χ1) is 42.1. The molecule has 0 radical (unpaired) electrons. The molecule has 0 aromatic carbocycles. The zero-order chi connectivity index (χ0) is 61.3. The topological polar surface area (TPSA) is 144 Å². The molecule has 0 fully saturated rings. The third-order valence-corrected chi connectivity index (χ3v) is 15.8. The minimum Gasteiger partial charge on any atom is -0.462 e. The molecular formula is C72H141N3O10. The third kappa shape index (κ3) is 69.2. The highest BCUT2D eigenvalue weighted by Gasteiger charge is 2.26. The summed E-state index contributed by atoms with van der Waals surface area (Å²) in [6.07, 6.45) is 64.2. The van der Waals surface area contributed by atoms with Gasteiger partial charge in [-0.15, -0.1) is 0 Å². The predicted molar refractivity (Wildman–Crippen MR) is 358 cm³/mol. The maximum atomic E-state index is 13.4. The van der Waals surface area contributed by atoms with E-state index < -0.39 is 6.09 Å². The number of rotatable bonds is 73. The molecule has 2 atom stereocenters. The van der Waals surface area contributed by atoms with Crippen LogP contribution in [-0.2, 0) is 42.7 Å². The Balaban J connectivity index is 5.04. The van der Waals surface area contributed by atoms with Crippen LogP contribution in [0.15, 0.2) is 24.3 Å². The quantitative estimate of drug-likeness (QED) is 0.0303. The summed E-state index contributed by atoms with van der Waals surface area (Å²) in [6.45, 7) is 14.7. The minimum absolute atomic E-state index is 0.180. The van der Waals surface area contributed by atoms with Crippen LogP contribution >= 0.6 is 0 Å². The first-order valence-corrected chi connectivity index (χ1v) is 36.3. The molecule has 0 rings (SSSR count). The van der Waals surface area contributed by atoms with E-state index in [1.807, 2.05) is 0 Å². The second kappa shape index (κ2) is 74.4. The lowest BCUT2D eigenvalue weighted by molar-refractivity contribution is -0.144. The largest absolute Gasteiger partial charge is 0.462 e. The molecular weight excluding hydrogens is 1070 g/mol. The van der Waals surface area contributed by atoms with Crippen molar-refractivity contribution in [3.05, 3.63) is 24.3 Å². The van der Waals surface area contributed by atoms with Crippen LogP contribution in [0.3, 0.4) is 0 Å². The number of amides is 1. The Hall–Kier alpha value is -2.10. The van der Waals surface area contributed by atoms with Crippen molar-refractivity contribution in [2.75, 3.05) is 113 Å². The number of esters is 1. The maximum absolute atomic E-state index is 13.4. The van der Waals surface area contributed by atoms with Crippen LogP contribution in [0.2, 0.25) is 0 Å². The average Bonchev–Trinajstić information content (AvgIpc) is 3.57. The van der Waals surface area contributed by atoms with Crippen LogP contribution in [0.5, 0.6) is 0 Å². The lowest BCUT2D eigenvalue weighted by Gasteiger charge is -2.27. The lowest BCUT2D eigenvalue weighted by Crippen LogP contribution is -2.41. The summed E-state index contributed by atoms with van der Waals surface area (Å²) < 4.78 is 46.5. The van der Waals surface area contributed by atoms with E-state index in [0.717, 1.165) is 64.6 Å². The van der Waals surface area contributed by atoms with Gasteiger partial charge in [0, 0.05) is 33.4 Å². The summed E-state index contributed by atoms with van der Waals surface area (Å²) in [5.41, 5.74) is 0. The number of unbranched alkanes of at least 4 members (excludes halogenated alkanes) is 37. The van der Waals surface area contributed by atoms with Gasteiger partial charge in [-0.2, -0.15) is 0 Å². The van der Waals surface area contributed by atoms with Crippen molar-refractivity contribution in [1.29, 1.82) is 0 Å². The van der Waals surface area contributed by atoms with Crippen LogP contribution in [0, 0.1) is 0 Å². The first-order valence-electron chi connectivity index (χ1n) is 36.3. The van der Waals surface area contributed by atoms with Crippen molar-refractivity contribution in [3.63, 3.8) is 0 Å². The SMILES string of the molecule is CCCCCCCC/C=C\CCCCCCCCOCC(OCCCCCCCC/C=C\CCCCCCCC)C(CCCCCCCCCCCCCCCC)OC(=O)NCCOCCOCCOCCOC(=O)CNCCCNCCOC. The van der Waals surface area contributed by atoms with Crippen LogP contribution < -0.4 is 16.0 Å². The van der Waals surface area contributed by atoms with E-state index in [0.29, 0.717) is 72.6 Å². The molecule has 0 saturated carbocycles. The zero-order valence-electron chi connectivity index (χ0n) is 56.5. The zero-order valence-corrected chi connectivity index (χ0v) is 56.5. The number of hydrogen-bond donors (Lipinski definition) is 3. The monoisotopic (exact) mass is 1210 g/mol. The Morgan fingerprint density at radius 3 is 1.22 bits per heavy atom. The molecule has 0 aliphatic rings. The number of carbonyl (C=O) groups excluding carboxylic acids is 2. The third-order valence-electron chi connectivity index (χ3n) is 15.8. The molecule has 3 N–H and O–H groups in total. The molecule has 0 aromatic rings. The Bertz CT molecular complexity index is 1360. The molecule has 0 aliphatic carbocycles. The normalized spacial score (nSPS) is 12.5. The molecule has 504 valence electrons. The van der Waals surface area contributed by atoms with E-state index in [4.69, 9.17) is 37.9 Å². The average molecular weight is 1210 g/mol. The van der Waals surface area contributed by atoms with Gasteiger partial charge in [0.25, 0.3) is 0 Å². The number of alkyl carbamates (subject to hydrolysis) is 1. The Morgan fingerprint density at radius 1 is 0.353 bits per heavy atom. The molecule has 1 amide bonds. The van der Waals surface area contributed by atoms with Gasteiger partial charge < -0.3 is 53.8 Å². The van der Waals surface area contributed by atoms with Gasteiger partial charge in [0.15, 0.2) is 0 Å². The van der Waals surface area contributed by atoms with E-state index in [1.54, 1.807) is 7.11 Å². The van der Waals surface area contributed by atoms with Gasteiger partial charge in [0.05, 0.1) is 59.4 Å². The van der Waals surface area contributed by atoms with Crippen LogP contribution in [-0.4, -0.2) is 137 Å². The summed E-state index contributed by atoms with van der Waals surface area (Å²) in [5, 5.41) is 9.31. The smallest absolute Gasteiger partial charge is 0.407 e. The fraction of sp³-hybridized carbons (Fsp3) is 0.917. The van der Waals surface area contributed by atoms with Crippen LogP contribution in [0.1, 0.15) is 303 Å². The highest BCUT2D eigenvalue weighted by atomic mass is 16.6. The summed E-state index contributed by atoms with van der Waals surface area (Å²) in [7, 11) is 1.69. The highest BCUT2D eigenvalue weighted by Crippen LogP contribution is 2.20. The summed E-state index contributed by atoms with van der Waals surface area (Å²) in [4.78, 5) is 25.4. The highest BCUT2D eigenvalue weighted by molar-refractivity contribution is 5.71. The summed E-state index contributed by atoms with van der Waals surface area (Å²) >= 11 is 0. The lowest BCUT2D eigenvalue weighted by atomic mass is 10.0. The Kier molecular flexibility index (Phi) is 72.5. The molecule has 13 heteroatoms. The summed E-state index contributed by atoms with van der Waals surface area (Å²) in [5.74, 6) is -0.292. The number of nitrogens with one attached hydrogen (secondary N) is 3. The van der Waals surface area contributed by atoms with Gasteiger partial charge in [0.1, 0.15) is 18.8 Å². The van der Waals surface area contributed by atoms with E-state index in [2.05, 4.69) is 61.0 Å². The van der Waals surface area contributed by atoms with Crippen LogP contribution in [0.4, 0.5) is 4.79 Å². The maximum Gasteiger partial charge on any atom is 0.407 e. The van der Waals surface area contributed by atoms with E-state index in [1.165, 1.54) is 238 Å². The second-order valence-electron chi connectivity index (χ2n) is 23.9. The number of carbonyl (C=O) groups is 2. The van der Waals surface area contributed by atoms with Crippen LogP contribution in [0.25, 0.3) is 0 Å². The molecule has 0 saturated heterocycles. The van der Waals surface area contributed by atoms with Gasteiger partial charge in [-0.25, -0.2) is 4.79 Å². The number of ether oxygens (including phenoxy) is 8. The fourth-order valence-corrected chi connectivity index (χ4v) is 10.4. The van der Waals surface area contributed by atoms with Gasteiger partial charge in [-0.3, -0.25) is 4.79 Å². The number of allylic oxidation sites excluding steroid dienone is 4. The molecule has 0 aromatic heterocycles. The molecule has 0 bridgehead atoms. The van der Waals surface area contributed by atoms with E-state index in [-0.39, 0.29) is 31.3 Å². The van der Waals surface area contributed by atoms with E-state index >= 15 is 0 Å². The standard InChI is InChI=1S/C72H141N3O10/c1-5-8-11-14-17-20-23-26-29-31-34-37-40-43-46-49-57-82-68-70(83-58-50-47-44-41-38-35-32-30-27-24-21-18-15-12-9-6-2)69(52-48-45-42-39-36-33-28-25-22-19-16-13-10-7-3)85-72(77)75-56-60-79-61-62-80-63-64-81-65-66-84-71(76)67-74-54-51-53-73-55-59-78-4/h26-27,29-30,69-70,73-74H,5-25,28,31-68H2,1-4H3,(H,75,77)/b29-26-,30-27-. The minimum atomic E-state index is -0.435. The van der Waals surface area contributed by atoms with Gasteiger partial charge in [0.2, 0.25) is 0 Å². The van der Waals surface area contributed by atoms with Gasteiger partial charge in [-0.05, 0) is 96.6 Å². The van der Waals surface area contributed by atoms with Crippen molar-refractivity contribution >= 4 is 12.1 Å². The predicted octanol–water partition coefficient (Wildman–Crippen LogP) is 18.2. The molecule has 0 spiro atoms. The molecule has 85 heavy (non-hydrogen) atoms. The molecule has 0 aliphatic heterocycles. The van der Waals surface area contributed by atoms with Gasteiger partial charge >= 0.3 is 12.1 Å². The van der Waals surface area contributed by atoms with Crippen molar-refractivity contribution in [2.24, 2.45) is 0 Å². The van der Waals surface area contributed by atoms with Crippen molar-refractivity contribution in [1.82, 2.24) is 16.0 Å². The fourth-order valence-electron chi connectivity index (χ4n) is 10.4. The first kappa shape index (κ1) is 82.9.